The third-order valence-electron chi connectivity index (χ3n) is 3.48. The molecule has 0 spiro atoms. The first-order chi connectivity index (χ1) is 10.3. The highest BCUT2D eigenvalue weighted by molar-refractivity contribution is 7.14. The average Bonchev–Trinajstić information content (AvgIpc) is 3.07. The van der Waals surface area contributed by atoms with Gasteiger partial charge in [-0.25, -0.2) is 0 Å². The number of aromatic nitrogens is 1. The van der Waals surface area contributed by atoms with E-state index >= 15 is 0 Å². The predicted molar refractivity (Wildman–Crippen MR) is 86.5 cm³/mol. The topological polar surface area (TPSA) is 4.93 Å². The van der Waals surface area contributed by atoms with Gasteiger partial charge < -0.3 is 4.57 Å². The van der Waals surface area contributed by atoms with Crippen molar-refractivity contribution in [1.82, 2.24) is 4.57 Å². The van der Waals surface area contributed by atoms with E-state index in [4.69, 9.17) is 0 Å². The second kappa shape index (κ2) is 5.28. The minimum atomic E-state index is -4.36. The van der Waals surface area contributed by atoms with Crippen molar-refractivity contribution in [2.45, 2.75) is 20.0 Å². The first-order valence-electron chi connectivity index (χ1n) is 6.65. The summed E-state index contributed by atoms with van der Waals surface area (Å²) in [4.78, 5) is 1.72. The lowest BCUT2D eigenvalue weighted by Crippen LogP contribution is -2.11. The summed E-state index contributed by atoms with van der Waals surface area (Å²) in [5.41, 5.74) is 2.78. The molecule has 0 aliphatic heterocycles. The van der Waals surface area contributed by atoms with Crippen LogP contribution in [-0.4, -0.2) is 4.57 Å². The Bertz CT molecular complexity index is 821. The Kier molecular flexibility index (Phi) is 3.69. The molecule has 0 saturated carbocycles. The van der Waals surface area contributed by atoms with Gasteiger partial charge in [-0.05, 0) is 53.9 Å². The number of hydrogen-bond acceptors (Lipinski definition) is 2. The van der Waals surface area contributed by atoms with Crippen molar-refractivity contribution in [2.75, 3.05) is 0 Å². The SMILES string of the molecule is Cc1csc(-c2cc(C(F)(F)F)n(C)c2-c2cc(C)cs2)c1. The molecule has 0 unspecified atom stereocenters. The van der Waals surface area contributed by atoms with E-state index in [1.165, 1.54) is 40.4 Å². The zero-order chi connectivity index (χ0) is 16.1. The molecule has 0 saturated heterocycles. The van der Waals surface area contributed by atoms with Crippen molar-refractivity contribution in [3.05, 3.63) is 45.8 Å². The van der Waals surface area contributed by atoms with Crippen molar-refractivity contribution >= 4 is 22.7 Å². The van der Waals surface area contributed by atoms with E-state index in [2.05, 4.69) is 0 Å². The van der Waals surface area contributed by atoms with Crippen LogP contribution in [0, 0.1) is 13.8 Å². The largest absolute Gasteiger partial charge is 0.431 e. The lowest BCUT2D eigenvalue weighted by Gasteiger charge is -2.09. The fraction of sp³-hybridized carbons (Fsp3) is 0.250. The molecule has 0 N–H and O–H groups in total. The van der Waals surface area contributed by atoms with E-state index in [1.54, 1.807) is 0 Å². The van der Waals surface area contributed by atoms with Crippen LogP contribution in [0.1, 0.15) is 16.8 Å². The summed E-state index contributed by atoms with van der Waals surface area (Å²) >= 11 is 2.95. The summed E-state index contributed by atoms with van der Waals surface area (Å²) in [7, 11) is 1.48. The lowest BCUT2D eigenvalue weighted by molar-refractivity contribution is -0.142. The summed E-state index contributed by atoms with van der Waals surface area (Å²) in [6, 6.07) is 5.13. The van der Waals surface area contributed by atoms with Gasteiger partial charge in [0.25, 0.3) is 0 Å². The third kappa shape index (κ3) is 2.61. The molecule has 3 rings (SSSR count). The van der Waals surface area contributed by atoms with Crippen LogP contribution in [0.5, 0.6) is 0 Å². The molecule has 0 fully saturated rings. The Morgan fingerprint density at radius 3 is 1.91 bits per heavy atom. The van der Waals surface area contributed by atoms with Gasteiger partial charge in [0.2, 0.25) is 0 Å². The van der Waals surface area contributed by atoms with Crippen LogP contribution in [0.15, 0.2) is 29.0 Å². The van der Waals surface area contributed by atoms with Gasteiger partial charge in [0.05, 0.1) is 10.6 Å². The molecule has 22 heavy (non-hydrogen) atoms. The Morgan fingerprint density at radius 1 is 0.909 bits per heavy atom. The van der Waals surface area contributed by atoms with E-state index in [1.807, 2.05) is 36.7 Å². The maximum Gasteiger partial charge on any atom is 0.431 e. The summed E-state index contributed by atoms with van der Waals surface area (Å²) in [6.07, 6.45) is -4.36. The number of hydrogen-bond donors (Lipinski definition) is 0. The quantitative estimate of drug-likeness (QED) is 0.529. The molecule has 0 atom stereocenters. The highest BCUT2D eigenvalue weighted by Gasteiger charge is 2.36. The van der Waals surface area contributed by atoms with Crippen molar-refractivity contribution < 1.29 is 13.2 Å². The Morgan fingerprint density at radius 2 is 1.45 bits per heavy atom. The first-order valence-corrected chi connectivity index (χ1v) is 8.41. The number of rotatable bonds is 2. The lowest BCUT2D eigenvalue weighted by atomic mass is 10.1. The van der Waals surface area contributed by atoms with E-state index < -0.39 is 11.9 Å². The van der Waals surface area contributed by atoms with Gasteiger partial charge in [-0.3, -0.25) is 0 Å². The van der Waals surface area contributed by atoms with Gasteiger partial charge in [0, 0.05) is 17.5 Å². The Balaban J connectivity index is 2.28. The molecule has 0 bridgehead atoms. The fourth-order valence-corrected chi connectivity index (χ4v) is 4.40. The van der Waals surface area contributed by atoms with Crippen LogP contribution in [0.4, 0.5) is 13.2 Å². The van der Waals surface area contributed by atoms with Crippen LogP contribution in [-0.2, 0) is 13.2 Å². The summed E-state index contributed by atoms with van der Waals surface area (Å²) in [5.74, 6) is 0. The van der Waals surface area contributed by atoms with Gasteiger partial charge in [-0.15, -0.1) is 22.7 Å². The van der Waals surface area contributed by atoms with Crippen molar-refractivity contribution in [3.63, 3.8) is 0 Å². The van der Waals surface area contributed by atoms with Crippen LogP contribution >= 0.6 is 22.7 Å². The zero-order valence-corrected chi connectivity index (χ0v) is 13.9. The van der Waals surface area contributed by atoms with Crippen LogP contribution < -0.4 is 0 Å². The molecule has 0 amide bonds. The molecule has 0 aromatic carbocycles. The van der Waals surface area contributed by atoms with Gasteiger partial charge in [-0.1, -0.05) is 0 Å². The van der Waals surface area contributed by atoms with Gasteiger partial charge in [0.1, 0.15) is 5.69 Å². The van der Waals surface area contributed by atoms with Gasteiger partial charge in [-0.2, -0.15) is 13.2 Å². The number of thiophene rings is 2. The molecule has 1 nitrogen and oxygen atoms in total. The highest BCUT2D eigenvalue weighted by atomic mass is 32.1. The maximum absolute atomic E-state index is 13.3. The Hall–Kier alpha value is -1.53. The monoisotopic (exact) mass is 341 g/mol. The molecule has 6 heteroatoms. The minimum absolute atomic E-state index is 0.616. The zero-order valence-electron chi connectivity index (χ0n) is 12.3. The molecule has 3 aromatic rings. The predicted octanol–water partition coefficient (Wildman–Crippen LogP) is 6.12. The summed E-state index contributed by atoms with van der Waals surface area (Å²) in [6.45, 7) is 3.89. The average molecular weight is 341 g/mol. The van der Waals surface area contributed by atoms with Crippen molar-refractivity contribution in [1.29, 1.82) is 0 Å². The third-order valence-corrected chi connectivity index (χ3v) is 5.62. The summed E-state index contributed by atoms with van der Waals surface area (Å²) < 4.78 is 41.1. The second-order valence-corrected chi connectivity index (χ2v) is 7.15. The van der Waals surface area contributed by atoms with Crippen molar-refractivity contribution in [2.24, 2.45) is 7.05 Å². The normalized spacial score (nSPS) is 12.1. The highest BCUT2D eigenvalue weighted by Crippen LogP contribution is 2.43. The van der Waals surface area contributed by atoms with Crippen LogP contribution in [0.25, 0.3) is 21.0 Å². The second-order valence-electron chi connectivity index (χ2n) is 5.33. The van der Waals surface area contributed by atoms with E-state index in [9.17, 15) is 13.2 Å². The molecular weight excluding hydrogens is 327 g/mol. The van der Waals surface area contributed by atoms with E-state index in [-0.39, 0.29) is 0 Å². The molecule has 0 radical (unpaired) electrons. The number of aryl methyl sites for hydroxylation is 2. The standard InChI is InChI=1S/C16H14F3NS2/c1-9-4-12(21-7-9)11-6-14(16(17,18)19)20(3)15(11)13-5-10(2)8-22-13/h4-8H,1-3H3. The molecule has 3 aromatic heterocycles. The fourth-order valence-electron chi connectivity index (χ4n) is 2.49. The smallest absolute Gasteiger partial charge is 0.339 e. The van der Waals surface area contributed by atoms with E-state index in [0.29, 0.717) is 11.3 Å². The van der Waals surface area contributed by atoms with Gasteiger partial charge >= 0.3 is 6.18 Å². The molecular formula is C16H14F3NS2. The molecule has 0 aliphatic rings. The first kappa shape index (κ1) is 15.4. The summed E-state index contributed by atoms with van der Waals surface area (Å²) in [5, 5.41) is 3.91. The van der Waals surface area contributed by atoms with Crippen LogP contribution in [0.2, 0.25) is 0 Å². The molecule has 0 aliphatic carbocycles. The number of halogens is 3. The minimum Gasteiger partial charge on any atom is -0.339 e. The van der Waals surface area contributed by atoms with E-state index in [0.717, 1.165) is 20.9 Å². The molecule has 116 valence electrons. The van der Waals surface area contributed by atoms with Crippen molar-refractivity contribution in [3.8, 4) is 21.0 Å². The number of alkyl halides is 3. The van der Waals surface area contributed by atoms with Gasteiger partial charge in [0.15, 0.2) is 0 Å². The Labute approximate surface area is 134 Å². The van der Waals surface area contributed by atoms with Crippen LogP contribution in [0.3, 0.4) is 0 Å². The number of nitrogens with zero attached hydrogens (tertiary/aromatic N) is 1. The maximum atomic E-state index is 13.3. The molecule has 3 heterocycles.